The third kappa shape index (κ3) is 9.43. The van der Waals surface area contributed by atoms with E-state index in [4.69, 9.17) is 17.7 Å². The van der Waals surface area contributed by atoms with Crippen LogP contribution >= 0.6 is 15.9 Å². The lowest BCUT2D eigenvalue weighted by molar-refractivity contribution is 0.660. The molecule has 0 amide bonds. The van der Waals surface area contributed by atoms with Crippen LogP contribution in [0.4, 0.5) is 28.4 Å². The molecule has 4 aromatic heterocycles. The lowest BCUT2D eigenvalue weighted by atomic mass is 9.82. The minimum absolute atomic E-state index is 0.114. The van der Waals surface area contributed by atoms with Gasteiger partial charge in [-0.05, 0) is 129 Å². The van der Waals surface area contributed by atoms with E-state index < -0.39 is 0 Å². The van der Waals surface area contributed by atoms with Crippen molar-refractivity contribution >= 4 is 132 Å². The van der Waals surface area contributed by atoms with E-state index in [1.54, 1.807) is 0 Å². The molecule has 0 saturated heterocycles. The van der Waals surface area contributed by atoms with Crippen LogP contribution in [0.2, 0.25) is 0 Å². The first-order valence-corrected chi connectivity index (χ1v) is 33.9. The number of nitrogens with zero attached hydrogens (tertiary/aromatic N) is 1. The molecule has 2 aliphatic rings. The van der Waals surface area contributed by atoms with Crippen LogP contribution in [0.15, 0.2) is 325 Å². The van der Waals surface area contributed by atoms with Gasteiger partial charge in [-0.2, -0.15) is 0 Å². The molecule has 4 heterocycles. The molecule has 0 fully saturated rings. The number of fused-ring (bicyclic) bond motifs is 18. The molecule has 14 aromatic carbocycles. The zero-order chi connectivity index (χ0) is 65.1. The number of anilines is 5. The van der Waals surface area contributed by atoms with Gasteiger partial charge in [0, 0.05) is 81.2 Å². The van der Waals surface area contributed by atoms with Crippen molar-refractivity contribution < 1.29 is 17.7 Å². The predicted octanol–water partition coefficient (Wildman–Crippen LogP) is 26.6. The fraction of sp³-hybridized carbons (Fsp3) is 0.0667. The highest BCUT2D eigenvalue weighted by atomic mass is 79.9. The van der Waals surface area contributed by atoms with Gasteiger partial charge in [0.25, 0.3) is 0 Å². The van der Waals surface area contributed by atoms with E-state index in [-0.39, 0.29) is 10.8 Å². The van der Waals surface area contributed by atoms with Gasteiger partial charge in [-0.1, -0.05) is 262 Å². The zero-order valence-electron chi connectivity index (χ0n) is 53.8. The molecule has 0 saturated carbocycles. The fourth-order valence-electron chi connectivity index (χ4n) is 15.5. The molecule has 20 rings (SSSR count). The minimum atomic E-state index is -0.114. The standard InChI is InChI=1S/C45H31NO2.C30H19NO2.C15H13Br/c1-45(2)35-17-6-3-13-33(35)42-36(45)18-10-19-37(42)46(38-20-11-23-41-43(38)34-14-5-8-22-40(34)47-41)29-26-24-28(25-27-29)30-15-9-16-32-31-12-4-7-21-39(31)48-44(30)32;1-3-12-26-22(7-1)23-10-5-9-21(30(23)33-26)19-15-17-20(18-16-19)31-25-11-6-14-28-29(25)24-8-2-4-13-27(24)32-28;1-15(2)11-7-4-3-6-10(11)14-12(15)8-5-9-13(14)16/h3-27H,1-2H3;1-18,31H;3-9H,1-2H3. The number of hydrogen-bond acceptors (Lipinski definition) is 6. The molecule has 0 spiro atoms. The summed E-state index contributed by atoms with van der Waals surface area (Å²) in [6, 6.07) is 106. The van der Waals surface area contributed by atoms with Crippen LogP contribution < -0.4 is 10.2 Å². The van der Waals surface area contributed by atoms with Crippen LogP contribution in [-0.4, -0.2) is 0 Å². The average molecular weight is 1320 g/mol. The van der Waals surface area contributed by atoms with Crippen molar-refractivity contribution in [3.05, 3.63) is 330 Å². The third-order valence-electron chi connectivity index (χ3n) is 20.1. The van der Waals surface area contributed by atoms with Crippen molar-refractivity contribution in [2.24, 2.45) is 0 Å². The Balaban J connectivity index is 0.000000120. The Hall–Kier alpha value is -11.6. The number of nitrogens with one attached hydrogen (secondary N) is 1. The summed E-state index contributed by atoms with van der Waals surface area (Å²) in [5.74, 6) is 0. The summed E-state index contributed by atoms with van der Waals surface area (Å²) in [4.78, 5) is 2.42. The maximum atomic E-state index is 6.42. The summed E-state index contributed by atoms with van der Waals surface area (Å²) >= 11 is 3.67. The lowest BCUT2D eigenvalue weighted by Crippen LogP contribution is -2.16. The molecule has 2 aliphatic carbocycles. The van der Waals surface area contributed by atoms with Gasteiger partial charge in [0.05, 0.1) is 27.8 Å². The summed E-state index contributed by atoms with van der Waals surface area (Å²) in [6.07, 6.45) is 0. The van der Waals surface area contributed by atoms with E-state index >= 15 is 0 Å². The Morgan fingerprint density at radius 3 is 1.28 bits per heavy atom. The van der Waals surface area contributed by atoms with Crippen LogP contribution in [-0.2, 0) is 10.8 Å². The second-order valence-electron chi connectivity index (χ2n) is 26.4. The highest BCUT2D eigenvalue weighted by molar-refractivity contribution is 9.10. The molecule has 0 aliphatic heterocycles. The van der Waals surface area contributed by atoms with Gasteiger partial charge in [-0.15, -0.1) is 0 Å². The monoisotopic (exact) mass is 1310 g/mol. The first kappa shape index (κ1) is 58.0. The molecule has 0 bridgehead atoms. The van der Waals surface area contributed by atoms with Gasteiger partial charge < -0.3 is 27.9 Å². The Morgan fingerprint density at radius 2 is 0.691 bits per heavy atom. The fourth-order valence-corrected chi connectivity index (χ4v) is 16.1. The van der Waals surface area contributed by atoms with Crippen LogP contribution in [0, 0.1) is 0 Å². The van der Waals surface area contributed by atoms with Gasteiger partial charge >= 0.3 is 0 Å². The van der Waals surface area contributed by atoms with Crippen LogP contribution in [0.1, 0.15) is 49.9 Å². The summed E-state index contributed by atoms with van der Waals surface area (Å²) in [5.41, 5.74) is 27.8. The Labute approximate surface area is 569 Å². The molecule has 0 unspecified atom stereocenters. The van der Waals surface area contributed by atoms with E-state index in [1.165, 1.54) is 49.0 Å². The largest absolute Gasteiger partial charge is 0.456 e. The topological polar surface area (TPSA) is 67.8 Å². The molecule has 97 heavy (non-hydrogen) atoms. The van der Waals surface area contributed by atoms with Crippen LogP contribution in [0.3, 0.4) is 0 Å². The van der Waals surface area contributed by atoms with Crippen LogP contribution in [0.25, 0.3) is 132 Å². The van der Waals surface area contributed by atoms with E-state index in [0.29, 0.717) is 0 Å². The molecule has 0 radical (unpaired) electrons. The molecular formula is C90H63BrN2O4. The highest BCUT2D eigenvalue weighted by Crippen LogP contribution is 2.56. The Bertz CT molecular complexity index is 6140. The normalized spacial score (nSPS) is 13.2. The number of para-hydroxylation sites is 6. The van der Waals surface area contributed by atoms with Gasteiger partial charge in [-0.25, -0.2) is 0 Å². The van der Waals surface area contributed by atoms with Gasteiger partial charge in [-0.3, -0.25) is 0 Å². The van der Waals surface area contributed by atoms with Crippen molar-refractivity contribution in [3.63, 3.8) is 0 Å². The Kier molecular flexibility index (Phi) is 13.6. The number of halogens is 1. The van der Waals surface area contributed by atoms with Gasteiger partial charge in [0.1, 0.15) is 44.7 Å². The summed E-state index contributed by atoms with van der Waals surface area (Å²) in [5, 5.41) is 12.6. The van der Waals surface area contributed by atoms with Crippen molar-refractivity contribution in [1.82, 2.24) is 0 Å². The molecule has 7 heteroatoms. The SMILES string of the molecule is CC1(C)c2ccccc2-c2c(Br)cccc21.CC1(C)c2ccccc2-c2c(N(c3ccc(-c4cccc5c4oc4ccccc45)cc3)c3cccc4oc5ccccc5c34)cccc21.c1ccc2c(c1)oc1c(-c3ccc(Nc4cccc5oc6ccccc6c45)cc3)cccc12. The molecule has 1 N–H and O–H groups in total. The minimum Gasteiger partial charge on any atom is -0.456 e. The first-order chi connectivity index (χ1) is 47.5. The van der Waals surface area contributed by atoms with Gasteiger partial charge in [0.2, 0.25) is 0 Å². The zero-order valence-corrected chi connectivity index (χ0v) is 55.4. The first-order valence-electron chi connectivity index (χ1n) is 33.1. The molecule has 6 nitrogen and oxygen atoms in total. The van der Waals surface area contributed by atoms with Crippen molar-refractivity contribution in [2.45, 2.75) is 38.5 Å². The van der Waals surface area contributed by atoms with Crippen molar-refractivity contribution in [1.29, 1.82) is 0 Å². The number of benzene rings is 14. The summed E-state index contributed by atoms with van der Waals surface area (Å²) < 4.78 is 26.3. The predicted molar refractivity (Wildman–Crippen MR) is 407 cm³/mol. The average Bonchev–Trinajstić information content (AvgIpc) is 1.58. The smallest absolute Gasteiger partial charge is 0.143 e. The molecule has 18 aromatic rings. The van der Waals surface area contributed by atoms with Crippen LogP contribution in [0.5, 0.6) is 0 Å². The van der Waals surface area contributed by atoms with E-state index in [1.807, 2.05) is 66.7 Å². The van der Waals surface area contributed by atoms with Gasteiger partial charge in [0.15, 0.2) is 0 Å². The summed E-state index contributed by atoms with van der Waals surface area (Å²) in [7, 11) is 0. The molecule has 0 atom stereocenters. The van der Waals surface area contributed by atoms with E-state index in [9.17, 15) is 0 Å². The van der Waals surface area contributed by atoms with Crippen molar-refractivity contribution in [3.8, 4) is 44.5 Å². The summed E-state index contributed by atoms with van der Waals surface area (Å²) in [6.45, 7) is 9.27. The second-order valence-corrected chi connectivity index (χ2v) is 27.2. The molecular weight excluding hydrogens is 1250 g/mol. The lowest BCUT2D eigenvalue weighted by Gasteiger charge is -2.29. The number of hydrogen-bond donors (Lipinski definition) is 1. The number of furan rings is 4. The Morgan fingerprint density at radius 1 is 0.299 bits per heavy atom. The highest BCUT2D eigenvalue weighted by Gasteiger charge is 2.39. The quantitative estimate of drug-likeness (QED) is 0.172. The third-order valence-corrected chi connectivity index (χ3v) is 20.8. The maximum absolute atomic E-state index is 6.42. The molecule has 464 valence electrons. The maximum Gasteiger partial charge on any atom is 0.143 e. The second kappa shape index (κ2) is 22.8. The number of rotatable bonds is 7. The van der Waals surface area contributed by atoms with Crippen molar-refractivity contribution in [2.75, 3.05) is 10.2 Å². The van der Waals surface area contributed by atoms with E-state index in [0.717, 1.165) is 138 Å². The van der Waals surface area contributed by atoms with E-state index in [2.05, 4.69) is 290 Å².